The molecule has 4 heteroatoms. The number of nitrogens with zero attached hydrogens (tertiary/aromatic N) is 2. The van der Waals surface area contributed by atoms with Gasteiger partial charge < -0.3 is 14.2 Å². The van der Waals surface area contributed by atoms with Crippen LogP contribution in [0.25, 0.3) is 0 Å². The summed E-state index contributed by atoms with van der Waals surface area (Å²) in [6.45, 7) is 5.25. The van der Waals surface area contributed by atoms with Gasteiger partial charge in [-0.1, -0.05) is 18.2 Å². The first-order valence-corrected chi connectivity index (χ1v) is 6.90. The average Bonchev–Trinajstić information content (AvgIpc) is 2.98. The zero-order valence-corrected chi connectivity index (χ0v) is 11.6. The van der Waals surface area contributed by atoms with Crippen molar-refractivity contribution in [2.45, 2.75) is 6.92 Å². The van der Waals surface area contributed by atoms with Crippen molar-refractivity contribution >= 4 is 17.4 Å². The molecule has 0 spiro atoms. The lowest BCUT2D eigenvalue weighted by molar-refractivity contribution is 0.0987. The van der Waals surface area contributed by atoms with E-state index in [-0.39, 0.29) is 5.78 Å². The molecule has 104 valence electrons. The number of rotatable bonds is 3. The molecule has 0 bridgehead atoms. The predicted molar refractivity (Wildman–Crippen MR) is 79.6 cm³/mol. The van der Waals surface area contributed by atoms with E-state index in [1.54, 1.807) is 6.07 Å². The van der Waals surface area contributed by atoms with Crippen LogP contribution in [0, 0.1) is 0 Å². The van der Waals surface area contributed by atoms with Crippen molar-refractivity contribution in [2.24, 2.45) is 0 Å². The second-order valence-electron chi connectivity index (χ2n) is 5.00. The molecular weight excluding hydrogens is 252 g/mol. The number of piperazine rings is 1. The third-order valence-electron chi connectivity index (χ3n) is 3.65. The molecule has 1 fully saturated rings. The van der Waals surface area contributed by atoms with Crippen molar-refractivity contribution in [3.63, 3.8) is 0 Å². The van der Waals surface area contributed by atoms with Crippen LogP contribution >= 0.6 is 0 Å². The van der Waals surface area contributed by atoms with Gasteiger partial charge in [-0.2, -0.15) is 0 Å². The Morgan fingerprint density at radius 2 is 1.60 bits per heavy atom. The minimum atomic E-state index is -0.0285. The summed E-state index contributed by atoms with van der Waals surface area (Å²) in [7, 11) is 0. The summed E-state index contributed by atoms with van der Waals surface area (Å²) in [6.07, 6.45) is 0. The van der Waals surface area contributed by atoms with E-state index in [1.165, 1.54) is 12.6 Å². The van der Waals surface area contributed by atoms with E-state index in [2.05, 4.69) is 34.1 Å². The predicted octanol–water partition coefficient (Wildman–Crippen LogP) is 2.81. The van der Waals surface area contributed by atoms with Crippen LogP contribution in [0.2, 0.25) is 0 Å². The molecule has 0 aliphatic carbocycles. The minimum absolute atomic E-state index is 0.0285. The number of carbonyl (C=O) groups excluding carboxylic acids is 1. The van der Waals surface area contributed by atoms with Crippen LogP contribution in [-0.2, 0) is 0 Å². The highest BCUT2D eigenvalue weighted by molar-refractivity contribution is 5.91. The number of furan rings is 1. The third-order valence-corrected chi connectivity index (χ3v) is 3.65. The van der Waals surface area contributed by atoms with Crippen molar-refractivity contribution in [3.05, 3.63) is 48.2 Å². The molecule has 1 aliphatic rings. The lowest BCUT2D eigenvalue weighted by Crippen LogP contribution is -2.46. The lowest BCUT2D eigenvalue weighted by Gasteiger charge is -2.35. The fraction of sp³-hybridized carbons (Fsp3) is 0.312. The monoisotopic (exact) mass is 270 g/mol. The van der Waals surface area contributed by atoms with Crippen molar-refractivity contribution in [1.29, 1.82) is 0 Å². The van der Waals surface area contributed by atoms with Gasteiger partial charge in [-0.25, -0.2) is 0 Å². The maximum atomic E-state index is 11.3. The van der Waals surface area contributed by atoms with E-state index in [9.17, 15) is 4.79 Å². The highest BCUT2D eigenvalue weighted by Gasteiger charge is 2.20. The zero-order valence-electron chi connectivity index (χ0n) is 11.6. The van der Waals surface area contributed by atoms with E-state index >= 15 is 0 Å². The van der Waals surface area contributed by atoms with Gasteiger partial charge in [-0.05, 0) is 18.2 Å². The molecule has 1 aromatic heterocycles. The average molecular weight is 270 g/mol. The van der Waals surface area contributed by atoms with Crippen LogP contribution in [0.3, 0.4) is 0 Å². The molecule has 0 saturated carbocycles. The molecule has 0 radical (unpaired) electrons. The van der Waals surface area contributed by atoms with Crippen molar-refractivity contribution in [1.82, 2.24) is 0 Å². The lowest BCUT2D eigenvalue weighted by atomic mass is 10.2. The summed E-state index contributed by atoms with van der Waals surface area (Å²) in [4.78, 5) is 15.8. The molecule has 4 nitrogen and oxygen atoms in total. The van der Waals surface area contributed by atoms with Gasteiger partial charge in [0.2, 0.25) is 0 Å². The largest absolute Gasteiger partial charge is 0.437 e. The topological polar surface area (TPSA) is 36.7 Å². The van der Waals surface area contributed by atoms with Crippen molar-refractivity contribution in [2.75, 3.05) is 36.0 Å². The number of para-hydroxylation sites is 1. The van der Waals surface area contributed by atoms with Gasteiger partial charge in [0.25, 0.3) is 0 Å². The Labute approximate surface area is 118 Å². The van der Waals surface area contributed by atoms with Gasteiger partial charge in [0.05, 0.1) is 0 Å². The van der Waals surface area contributed by atoms with E-state index < -0.39 is 0 Å². The summed E-state index contributed by atoms with van der Waals surface area (Å²) in [5.74, 6) is 1.20. The molecular formula is C16H18N2O2. The van der Waals surface area contributed by atoms with Crippen LogP contribution in [0.4, 0.5) is 11.6 Å². The number of hydrogen-bond acceptors (Lipinski definition) is 4. The molecule has 20 heavy (non-hydrogen) atoms. The molecule has 0 unspecified atom stereocenters. The number of hydrogen-bond donors (Lipinski definition) is 0. The Morgan fingerprint density at radius 1 is 0.950 bits per heavy atom. The third kappa shape index (κ3) is 2.54. The quantitative estimate of drug-likeness (QED) is 0.804. The first kappa shape index (κ1) is 12.8. The van der Waals surface area contributed by atoms with Crippen molar-refractivity contribution in [3.8, 4) is 0 Å². The molecule has 1 aromatic carbocycles. The molecule has 0 amide bonds. The van der Waals surface area contributed by atoms with Crippen LogP contribution in [-0.4, -0.2) is 32.0 Å². The Hall–Kier alpha value is -2.23. The van der Waals surface area contributed by atoms with Crippen molar-refractivity contribution < 1.29 is 9.21 Å². The van der Waals surface area contributed by atoms with E-state index in [0.29, 0.717) is 5.76 Å². The van der Waals surface area contributed by atoms with Crippen LogP contribution in [0.1, 0.15) is 17.5 Å². The summed E-state index contributed by atoms with van der Waals surface area (Å²) in [6, 6.07) is 14.1. The summed E-state index contributed by atoms with van der Waals surface area (Å²) in [5, 5.41) is 0. The molecule has 2 heterocycles. The molecule has 1 saturated heterocycles. The van der Waals surface area contributed by atoms with Gasteiger partial charge in [0.1, 0.15) is 0 Å². The first-order chi connectivity index (χ1) is 9.74. The summed E-state index contributed by atoms with van der Waals surface area (Å²) in [5.41, 5.74) is 1.26. The fourth-order valence-corrected chi connectivity index (χ4v) is 2.51. The minimum Gasteiger partial charge on any atom is -0.437 e. The zero-order chi connectivity index (χ0) is 13.9. The molecule has 0 N–H and O–H groups in total. The standard InChI is InChI=1S/C16H18N2O2/c1-13(19)15-7-8-16(20-15)18-11-9-17(10-12-18)14-5-3-2-4-6-14/h2-8H,9-12H2,1H3. The smallest absolute Gasteiger partial charge is 0.196 e. The van der Waals surface area contributed by atoms with Crippen LogP contribution in [0.5, 0.6) is 0 Å². The maximum absolute atomic E-state index is 11.3. The van der Waals surface area contributed by atoms with Crippen LogP contribution < -0.4 is 9.80 Å². The number of ketones is 1. The number of benzene rings is 1. The Kier molecular flexibility index (Phi) is 3.46. The Morgan fingerprint density at radius 3 is 2.20 bits per heavy atom. The number of Topliss-reactive ketones (excluding diaryl/α,β-unsaturated/α-hetero) is 1. The fourth-order valence-electron chi connectivity index (χ4n) is 2.51. The molecule has 2 aromatic rings. The molecule has 0 atom stereocenters. The van der Waals surface area contributed by atoms with Gasteiger partial charge in [-0.15, -0.1) is 0 Å². The van der Waals surface area contributed by atoms with Gasteiger partial charge in [0, 0.05) is 44.9 Å². The van der Waals surface area contributed by atoms with E-state index in [1.807, 2.05) is 12.1 Å². The SMILES string of the molecule is CC(=O)c1ccc(N2CCN(c3ccccc3)CC2)o1. The van der Waals surface area contributed by atoms with Gasteiger partial charge in [-0.3, -0.25) is 4.79 Å². The summed E-state index contributed by atoms with van der Waals surface area (Å²) >= 11 is 0. The number of anilines is 2. The normalized spacial score (nSPS) is 15.4. The van der Waals surface area contributed by atoms with Crippen LogP contribution in [0.15, 0.2) is 46.9 Å². The second kappa shape index (κ2) is 5.41. The number of carbonyl (C=O) groups is 1. The Bertz CT molecular complexity index is 584. The van der Waals surface area contributed by atoms with Gasteiger partial charge in [0.15, 0.2) is 17.4 Å². The van der Waals surface area contributed by atoms with Gasteiger partial charge >= 0.3 is 0 Å². The second-order valence-corrected chi connectivity index (χ2v) is 5.00. The highest BCUT2D eigenvalue weighted by atomic mass is 16.4. The highest BCUT2D eigenvalue weighted by Crippen LogP contribution is 2.22. The van der Waals surface area contributed by atoms with E-state index in [4.69, 9.17) is 4.42 Å². The first-order valence-electron chi connectivity index (χ1n) is 6.90. The molecule has 1 aliphatic heterocycles. The maximum Gasteiger partial charge on any atom is 0.196 e. The summed E-state index contributed by atoms with van der Waals surface area (Å²) < 4.78 is 5.58. The van der Waals surface area contributed by atoms with E-state index in [0.717, 1.165) is 32.1 Å². The Balaban J connectivity index is 1.65. The molecule has 3 rings (SSSR count).